The first-order valence-electron chi connectivity index (χ1n) is 8.00. The SMILES string of the molecule is C[C@@]12CCC(=O)N1[C@H](C(=O)OCN1C(=O)c3ccccc3C1=O)CS2. The fourth-order valence-electron chi connectivity index (χ4n) is 3.58. The van der Waals surface area contributed by atoms with Gasteiger partial charge in [0.2, 0.25) is 5.91 Å². The first-order valence-corrected chi connectivity index (χ1v) is 8.99. The van der Waals surface area contributed by atoms with E-state index in [1.54, 1.807) is 40.9 Å². The normalized spacial score (nSPS) is 27.7. The Bertz CT molecular complexity index is 775. The second-order valence-electron chi connectivity index (χ2n) is 6.44. The lowest BCUT2D eigenvalue weighted by atomic mass is 10.1. The quantitative estimate of drug-likeness (QED) is 0.596. The monoisotopic (exact) mass is 360 g/mol. The van der Waals surface area contributed by atoms with Crippen molar-refractivity contribution in [2.45, 2.75) is 30.7 Å². The summed E-state index contributed by atoms with van der Waals surface area (Å²) in [6.45, 7) is 1.51. The molecular formula is C17H16N2O5S. The molecule has 3 aliphatic rings. The van der Waals surface area contributed by atoms with E-state index in [4.69, 9.17) is 4.74 Å². The van der Waals surface area contributed by atoms with Crippen LogP contribution in [0.5, 0.6) is 0 Å². The van der Waals surface area contributed by atoms with E-state index < -0.39 is 30.6 Å². The summed E-state index contributed by atoms with van der Waals surface area (Å²) in [4.78, 5) is 51.2. The first kappa shape index (κ1) is 16.1. The van der Waals surface area contributed by atoms with Crippen molar-refractivity contribution in [3.63, 3.8) is 0 Å². The van der Waals surface area contributed by atoms with E-state index in [0.29, 0.717) is 29.7 Å². The van der Waals surface area contributed by atoms with Gasteiger partial charge in [0.1, 0.15) is 6.04 Å². The number of ether oxygens (including phenoxy) is 1. The van der Waals surface area contributed by atoms with Gasteiger partial charge < -0.3 is 9.64 Å². The fraction of sp³-hybridized carbons (Fsp3) is 0.412. The lowest BCUT2D eigenvalue weighted by molar-refractivity contribution is -0.155. The highest BCUT2D eigenvalue weighted by Gasteiger charge is 2.53. The second kappa shape index (κ2) is 5.59. The molecule has 7 nitrogen and oxygen atoms in total. The Hall–Kier alpha value is -2.35. The Labute approximate surface area is 148 Å². The molecule has 1 aromatic carbocycles. The number of imide groups is 1. The lowest BCUT2D eigenvalue weighted by Crippen LogP contribution is -2.47. The minimum Gasteiger partial charge on any atom is -0.442 e. The Kier molecular flexibility index (Phi) is 3.61. The summed E-state index contributed by atoms with van der Waals surface area (Å²) >= 11 is 1.56. The Balaban J connectivity index is 1.44. The van der Waals surface area contributed by atoms with Crippen molar-refractivity contribution in [2.24, 2.45) is 0 Å². The van der Waals surface area contributed by atoms with Crippen molar-refractivity contribution in [2.75, 3.05) is 12.5 Å². The summed E-state index contributed by atoms with van der Waals surface area (Å²) < 4.78 is 5.22. The second-order valence-corrected chi connectivity index (χ2v) is 7.94. The van der Waals surface area contributed by atoms with E-state index in [-0.39, 0.29) is 10.8 Å². The predicted octanol–water partition coefficient (Wildman–Crippen LogP) is 1.24. The summed E-state index contributed by atoms with van der Waals surface area (Å²) in [5.74, 6) is -1.13. The predicted molar refractivity (Wildman–Crippen MR) is 88.6 cm³/mol. The molecule has 0 aromatic heterocycles. The minimum atomic E-state index is -0.666. The van der Waals surface area contributed by atoms with Gasteiger partial charge in [-0.3, -0.25) is 14.4 Å². The molecule has 0 radical (unpaired) electrons. The van der Waals surface area contributed by atoms with Crippen LogP contribution in [0.2, 0.25) is 0 Å². The standard InChI is InChI=1S/C17H16N2O5S/c1-17-7-6-13(20)19(17)12(8-25-17)16(23)24-9-18-14(21)10-4-2-3-5-11(10)15(18)22/h2-5,12H,6-9H2,1H3/t12-,17+/m0/s1. The first-order chi connectivity index (χ1) is 11.9. The van der Waals surface area contributed by atoms with Gasteiger partial charge in [-0.2, -0.15) is 0 Å². The summed E-state index contributed by atoms with van der Waals surface area (Å²) in [6, 6.07) is 5.82. The number of esters is 1. The number of carbonyl (C=O) groups excluding carboxylic acids is 4. The number of hydrogen-bond donors (Lipinski definition) is 0. The van der Waals surface area contributed by atoms with Crippen LogP contribution in [0.25, 0.3) is 0 Å². The van der Waals surface area contributed by atoms with Crippen molar-refractivity contribution in [1.82, 2.24) is 9.80 Å². The third-order valence-corrected chi connectivity index (χ3v) is 6.44. The van der Waals surface area contributed by atoms with Crippen LogP contribution in [0.3, 0.4) is 0 Å². The van der Waals surface area contributed by atoms with Crippen molar-refractivity contribution in [3.8, 4) is 0 Å². The van der Waals surface area contributed by atoms with Gasteiger partial charge in [-0.15, -0.1) is 11.8 Å². The van der Waals surface area contributed by atoms with Crippen LogP contribution in [0.4, 0.5) is 0 Å². The molecule has 2 atom stereocenters. The highest BCUT2D eigenvalue weighted by molar-refractivity contribution is 8.01. The van der Waals surface area contributed by atoms with Gasteiger partial charge in [0.05, 0.1) is 16.0 Å². The van der Waals surface area contributed by atoms with Gasteiger partial charge in [0.15, 0.2) is 6.73 Å². The van der Waals surface area contributed by atoms with Crippen LogP contribution in [0.15, 0.2) is 24.3 Å². The van der Waals surface area contributed by atoms with Crippen LogP contribution in [0, 0.1) is 0 Å². The highest BCUT2D eigenvalue weighted by Crippen LogP contribution is 2.47. The number of hydrogen-bond acceptors (Lipinski definition) is 6. The van der Waals surface area contributed by atoms with Gasteiger partial charge in [-0.25, -0.2) is 9.69 Å². The van der Waals surface area contributed by atoms with Crippen molar-refractivity contribution in [3.05, 3.63) is 35.4 Å². The maximum atomic E-state index is 12.4. The third kappa shape index (κ3) is 2.35. The number of thioether (sulfide) groups is 1. The molecule has 8 heteroatoms. The van der Waals surface area contributed by atoms with Crippen LogP contribution in [-0.2, 0) is 14.3 Å². The smallest absolute Gasteiger partial charge is 0.331 e. The highest BCUT2D eigenvalue weighted by atomic mass is 32.2. The maximum Gasteiger partial charge on any atom is 0.331 e. The molecule has 130 valence electrons. The van der Waals surface area contributed by atoms with Crippen LogP contribution >= 0.6 is 11.8 Å². The van der Waals surface area contributed by atoms with Crippen molar-refractivity contribution >= 4 is 35.5 Å². The summed E-state index contributed by atoms with van der Waals surface area (Å²) in [5.41, 5.74) is 0.615. The maximum absolute atomic E-state index is 12.4. The number of rotatable bonds is 3. The number of amides is 3. The van der Waals surface area contributed by atoms with Gasteiger partial charge in [0, 0.05) is 12.2 Å². The lowest BCUT2D eigenvalue weighted by Gasteiger charge is -2.29. The number of benzene rings is 1. The molecule has 3 amide bonds. The van der Waals surface area contributed by atoms with E-state index in [9.17, 15) is 19.2 Å². The molecule has 2 fully saturated rings. The molecule has 3 aliphatic heterocycles. The van der Waals surface area contributed by atoms with Gasteiger partial charge in [0.25, 0.3) is 11.8 Å². The van der Waals surface area contributed by atoms with Crippen LogP contribution < -0.4 is 0 Å². The molecule has 2 saturated heterocycles. The zero-order valence-corrected chi connectivity index (χ0v) is 14.4. The molecule has 4 rings (SSSR count). The molecule has 0 saturated carbocycles. The van der Waals surface area contributed by atoms with Crippen LogP contribution in [-0.4, -0.2) is 56.9 Å². The number of nitrogens with zero attached hydrogens (tertiary/aromatic N) is 2. The van der Waals surface area contributed by atoms with Gasteiger partial charge in [-0.05, 0) is 25.5 Å². The Morgan fingerprint density at radius 1 is 1.24 bits per heavy atom. The summed E-state index contributed by atoms with van der Waals surface area (Å²) in [6.07, 6.45) is 1.13. The van der Waals surface area contributed by atoms with Crippen molar-refractivity contribution in [1.29, 1.82) is 0 Å². The minimum absolute atomic E-state index is 0.0600. The fourth-order valence-corrected chi connectivity index (χ4v) is 4.99. The van der Waals surface area contributed by atoms with E-state index in [0.717, 1.165) is 4.90 Å². The van der Waals surface area contributed by atoms with Crippen molar-refractivity contribution < 1.29 is 23.9 Å². The molecule has 0 unspecified atom stereocenters. The molecule has 0 N–H and O–H groups in total. The third-order valence-electron chi connectivity index (χ3n) is 4.93. The Morgan fingerprint density at radius 3 is 2.52 bits per heavy atom. The molecule has 0 bridgehead atoms. The molecule has 0 aliphatic carbocycles. The van der Waals surface area contributed by atoms with E-state index in [1.807, 2.05) is 6.92 Å². The molecule has 1 aromatic rings. The van der Waals surface area contributed by atoms with E-state index >= 15 is 0 Å². The topological polar surface area (TPSA) is 84.0 Å². The van der Waals surface area contributed by atoms with Crippen LogP contribution in [0.1, 0.15) is 40.5 Å². The van der Waals surface area contributed by atoms with E-state index in [1.165, 1.54) is 0 Å². The zero-order valence-electron chi connectivity index (χ0n) is 13.6. The zero-order chi connectivity index (χ0) is 17.8. The van der Waals surface area contributed by atoms with Gasteiger partial charge >= 0.3 is 5.97 Å². The molecule has 3 heterocycles. The summed E-state index contributed by atoms with van der Waals surface area (Å²) in [5, 5.41) is 0. The van der Waals surface area contributed by atoms with Gasteiger partial charge in [-0.1, -0.05) is 12.1 Å². The Morgan fingerprint density at radius 2 is 1.88 bits per heavy atom. The molecule has 25 heavy (non-hydrogen) atoms. The molecule has 0 spiro atoms. The number of fused-ring (bicyclic) bond motifs is 2. The molecular weight excluding hydrogens is 344 g/mol. The van der Waals surface area contributed by atoms with E-state index in [2.05, 4.69) is 0 Å². The largest absolute Gasteiger partial charge is 0.442 e. The summed E-state index contributed by atoms with van der Waals surface area (Å²) in [7, 11) is 0. The number of carbonyl (C=O) groups is 4. The average Bonchev–Trinajstić information content (AvgIpc) is 3.18. The average molecular weight is 360 g/mol.